The standard InChI is InChI=1S/C15H13Cl2NO2S/c16-12-4-1-10(2-5-12)14-7-13(17)6-3-11(14)8-21(20)9-15(18)19/h1-7H,8-9H2,(H2,18,19). The van der Waals surface area contributed by atoms with Crippen LogP contribution in [-0.2, 0) is 21.3 Å². The predicted molar refractivity (Wildman–Crippen MR) is 87.8 cm³/mol. The summed E-state index contributed by atoms with van der Waals surface area (Å²) in [6.07, 6.45) is 0. The van der Waals surface area contributed by atoms with Crippen molar-refractivity contribution < 1.29 is 9.00 Å². The van der Waals surface area contributed by atoms with Crippen molar-refractivity contribution in [2.75, 3.05) is 5.75 Å². The predicted octanol–water partition coefficient (Wildman–Crippen LogP) is 3.39. The Morgan fingerprint density at radius 2 is 1.67 bits per heavy atom. The third-order valence-electron chi connectivity index (χ3n) is 2.85. The first-order valence-corrected chi connectivity index (χ1v) is 8.38. The molecule has 0 saturated heterocycles. The number of carbonyl (C=O) groups is 1. The quantitative estimate of drug-likeness (QED) is 0.905. The van der Waals surface area contributed by atoms with Crippen LogP contribution in [0.15, 0.2) is 42.5 Å². The highest BCUT2D eigenvalue weighted by molar-refractivity contribution is 7.84. The summed E-state index contributed by atoms with van der Waals surface area (Å²) in [5.41, 5.74) is 7.71. The minimum Gasteiger partial charge on any atom is -0.369 e. The van der Waals surface area contributed by atoms with E-state index in [9.17, 15) is 9.00 Å². The van der Waals surface area contributed by atoms with Crippen molar-refractivity contribution in [2.45, 2.75) is 5.75 Å². The Kier molecular flexibility index (Phi) is 5.39. The molecule has 1 amide bonds. The number of hydrogen-bond donors (Lipinski definition) is 1. The van der Waals surface area contributed by atoms with Crippen LogP contribution in [0.1, 0.15) is 5.56 Å². The summed E-state index contributed by atoms with van der Waals surface area (Å²) >= 11 is 11.9. The maximum atomic E-state index is 11.9. The third kappa shape index (κ3) is 4.56. The molecule has 0 aromatic heterocycles. The molecular weight excluding hydrogens is 329 g/mol. The molecule has 2 rings (SSSR count). The van der Waals surface area contributed by atoms with Crippen LogP contribution >= 0.6 is 23.2 Å². The lowest BCUT2D eigenvalue weighted by molar-refractivity contribution is -0.115. The Balaban J connectivity index is 2.36. The minimum absolute atomic E-state index is 0.150. The van der Waals surface area contributed by atoms with E-state index in [2.05, 4.69) is 0 Å². The van der Waals surface area contributed by atoms with E-state index in [0.29, 0.717) is 10.0 Å². The number of carbonyl (C=O) groups excluding carboxylic acids is 1. The number of primary amides is 1. The van der Waals surface area contributed by atoms with E-state index >= 15 is 0 Å². The van der Waals surface area contributed by atoms with Gasteiger partial charge in [0.2, 0.25) is 5.91 Å². The number of hydrogen-bond acceptors (Lipinski definition) is 2. The molecule has 2 aromatic rings. The molecule has 1 atom stereocenters. The van der Waals surface area contributed by atoms with E-state index in [1.165, 1.54) is 0 Å². The molecule has 0 bridgehead atoms. The third-order valence-corrected chi connectivity index (χ3v) is 4.57. The van der Waals surface area contributed by atoms with Gasteiger partial charge in [-0.05, 0) is 41.0 Å². The number of benzene rings is 2. The second kappa shape index (κ2) is 7.07. The average Bonchev–Trinajstić information content (AvgIpc) is 2.41. The van der Waals surface area contributed by atoms with Crippen molar-refractivity contribution in [3.8, 4) is 11.1 Å². The van der Waals surface area contributed by atoms with Crippen molar-refractivity contribution in [2.24, 2.45) is 5.73 Å². The van der Waals surface area contributed by atoms with Crippen molar-refractivity contribution in [1.29, 1.82) is 0 Å². The lowest BCUT2D eigenvalue weighted by Gasteiger charge is -2.10. The van der Waals surface area contributed by atoms with Gasteiger partial charge in [-0.2, -0.15) is 0 Å². The fourth-order valence-electron chi connectivity index (χ4n) is 1.96. The summed E-state index contributed by atoms with van der Waals surface area (Å²) in [6.45, 7) is 0. The van der Waals surface area contributed by atoms with Crippen molar-refractivity contribution in [3.63, 3.8) is 0 Å². The molecular formula is C15H13Cl2NO2S. The van der Waals surface area contributed by atoms with Gasteiger partial charge in [-0.1, -0.05) is 41.4 Å². The molecule has 0 heterocycles. The molecule has 110 valence electrons. The Hall–Kier alpha value is -1.36. The molecule has 0 aliphatic carbocycles. The lowest BCUT2D eigenvalue weighted by atomic mass is 10.0. The molecule has 2 N–H and O–H groups in total. The second-order valence-electron chi connectivity index (χ2n) is 4.50. The first kappa shape index (κ1) is 16.0. The second-order valence-corrected chi connectivity index (χ2v) is 6.83. The number of halogens is 2. The maximum Gasteiger partial charge on any atom is 0.230 e. The van der Waals surface area contributed by atoms with E-state index < -0.39 is 16.7 Å². The molecule has 2 aromatic carbocycles. The summed E-state index contributed by atoms with van der Waals surface area (Å²) in [7, 11) is -1.34. The van der Waals surface area contributed by atoms with Gasteiger partial charge in [0.1, 0.15) is 5.75 Å². The zero-order valence-corrected chi connectivity index (χ0v) is 13.3. The minimum atomic E-state index is -1.34. The Bertz CT molecular complexity index is 687. The summed E-state index contributed by atoms with van der Waals surface area (Å²) in [5, 5.41) is 1.23. The normalized spacial score (nSPS) is 12.1. The van der Waals surface area contributed by atoms with E-state index in [1.807, 2.05) is 24.3 Å². The number of rotatable bonds is 5. The highest BCUT2D eigenvalue weighted by atomic mass is 35.5. The van der Waals surface area contributed by atoms with Gasteiger partial charge >= 0.3 is 0 Å². The summed E-state index contributed by atoms with van der Waals surface area (Å²) in [6, 6.07) is 12.7. The Morgan fingerprint density at radius 1 is 1.05 bits per heavy atom. The van der Waals surface area contributed by atoms with E-state index in [1.54, 1.807) is 18.2 Å². The molecule has 0 fully saturated rings. The smallest absolute Gasteiger partial charge is 0.230 e. The van der Waals surface area contributed by atoms with Crippen LogP contribution in [0.4, 0.5) is 0 Å². The molecule has 0 aliphatic rings. The first-order chi connectivity index (χ1) is 9.95. The van der Waals surface area contributed by atoms with Crippen molar-refractivity contribution in [1.82, 2.24) is 0 Å². The molecule has 6 heteroatoms. The zero-order chi connectivity index (χ0) is 15.4. The van der Waals surface area contributed by atoms with E-state index in [4.69, 9.17) is 28.9 Å². The molecule has 1 unspecified atom stereocenters. The van der Waals surface area contributed by atoms with Crippen LogP contribution in [0.25, 0.3) is 11.1 Å². The van der Waals surface area contributed by atoms with Crippen LogP contribution in [0, 0.1) is 0 Å². The Labute approximate surface area is 135 Å². The van der Waals surface area contributed by atoms with Gasteiger partial charge < -0.3 is 5.73 Å². The fraction of sp³-hybridized carbons (Fsp3) is 0.133. The van der Waals surface area contributed by atoms with E-state index in [-0.39, 0.29) is 11.5 Å². The monoisotopic (exact) mass is 341 g/mol. The van der Waals surface area contributed by atoms with Gasteiger partial charge in [0, 0.05) is 26.6 Å². The van der Waals surface area contributed by atoms with Crippen LogP contribution in [-0.4, -0.2) is 15.9 Å². The summed E-state index contributed by atoms with van der Waals surface area (Å²) in [4.78, 5) is 10.8. The van der Waals surface area contributed by atoms with Gasteiger partial charge in [0.05, 0.1) is 0 Å². The fourth-order valence-corrected chi connectivity index (χ4v) is 3.27. The number of nitrogens with two attached hydrogens (primary N) is 1. The largest absolute Gasteiger partial charge is 0.369 e. The molecule has 0 aliphatic heterocycles. The average molecular weight is 342 g/mol. The molecule has 0 saturated carbocycles. The highest BCUT2D eigenvalue weighted by Crippen LogP contribution is 2.29. The zero-order valence-electron chi connectivity index (χ0n) is 11.0. The summed E-state index contributed by atoms with van der Waals surface area (Å²) in [5.74, 6) is -0.476. The van der Waals surface area contributed by atoms with Gasteiger partial charge in [-0.15, -0.1) is 0 Å². The molecule has 3 nitrogen and oxygen atoms in total. The van der Waals surface area contributed by atoms with Gasteiger partial charge in [0.15, 0.2) is 0 Å². The molecule has 0 radical (unpaired) electrons. The van der Waals surface area contributed by atoms with Gasteiger partial charge in [0.25, 0.3) is 0 Å². The Morgan fingerprint density at radius 3 is 2.29 bits per heavy atom. The first-order valence-electron chi connectivity index (χ1n) is 6.13. The number of amides is 1. The highest BCUT2D eigenvalue weighted by Gasteiger charge is 2.11. The van der Waals surface area contributed by atoms with Crippen molar-refractivity contribution >= 4 is 39.9 Å². The topological polar surface area (TPSA) is 60.2 Å². The van der Waals surface area contributed by atoms with Crippen molar-refractivity contribution in [3.05, 3.63) is 58.1 Å². The van der Waals surface area contributed by atoms with Gasteiger partial charge in [-0.25, -0.2) is 0 Å². The SMILES string of the molecule is NC(=O)CS(=O)Cc1ccc(Cl)cc1-c1ccc(Cl)cc1. The molecule has 0 spiro atoms. The summed E-state index contributed by atoms with van der Waals surface area (Å²) < 4.78 is 11.9. The molecule has 21 heavy (non-hydrogen) atoms. The van der Waals surface area contributed by atoms with Crippen LogP contribution < -0.4 is 5.73 Å². The maximum absolute atomic E-state index is 11.9. The van der Waals surface area contributed by atoms with Gasteiger partial charge in [-0.3, -0.25) is 9.00 Å². The van der Waals surface area contributed by atoms with Crippen LogP contribution in [0.3, 0.4) is 0 Å². The lowest BCUT2D eigenvalue weighted by Crippen LogP contribution is -2.20. The van der Waals surface area contributed by atoms with Crippen LogP contribution in [0.2, 0.25) is 10.0 Å². The van der Waals surface area contributed by atoms with E-state index in [0.717, 1.165) is 16.7 Å². The van der Waals surface area contributed by atoms with Crippen LogP contribution in [0.5, 0.6) is 0 Å².